The molecule has 0 radical (unpaired) electrons. The van der Waals surface area contributed by atoms with E-state index in [0.717, 1.165) is 24.1 Å². The van der Waals surface area contributed by atoms with Crippen molar-refractivity contribution in [2.45, 2.75) is 39.7 Å². The fourth-order valence-corrected chi connectivity index (χ4v) is 3.52. The molecule has 0 unspecified atom stereocenters. The lowest BCUT2D eigenvalue weighted by Gasteiger charge is -2.25. The Hall–Kier alpha value is -2.31. The number of hydrogen-bond acceptors (Lipinski definition) is 5. The van der Waals surface area contributed by atoms with E-state index in [1.165, 1.54) is 0 Å². The number of aryl methyl sites for hydroxylation is 4. The molecule has 0 spiro atoms. The van der Waals surface area contributed by atoms with Gasteiger partial charge in [-0.2, -0.15) is 5.10 Å². The molecule has 23 heavy (non-hydrogen) atoms. The summed E-state index contributed by atoms with van der Waals surface area (Å²) in [5, 5.41) is 8.34. The van der Waals surface area contributed by atoms with Crippen molar-refractivity contribution in [3.8, 4) is 5.88 Å². The average Bonchev–Trinajstić information content (AvgIpc) is 3.16. The van der Waals surface area contributed by atoms with Crippen LogP contribution in [0, 0.1) is 20.8 Å². The zero-order valence-electron chi connectivity index (χ0n) is 14.2. The standard InChI is InChI=1S/C16H22N4O3/c1-9-14(16(22-5)19(4)17-9)12-7-6-8-20(12)15(21)13-10(2)18-23-11(13)3/h12H,6-8H2,1-5H3/t12-/m0/s1. The third kappa shape index (κ3) is 2.40. The summed E-state index contributed by atoms with van der Waals surface area (Å²) in [6.45, 7) is 6.23. The zero-order chi connectivity index (χ0) is 16.7. The van der Waals surface area contributed by atoms with Gasteiger partial charge in [0.15, 0.2) is 0 Å². The minimum absolute atomic E-state index is 0.0279. The summed E-state index contributed by atoms with van der Waals surface area (Å²) in [7, 11) is 3.49. The van der Waals surface area contributed by atoms with Crippen molar-refractivity contribution in [1.82, 2.24) is 19.8 Å². The largest absolute Gasteiger partial charge is 0.481 e. The molecule has 1 saturated heterocycles. The van der Waals surface area contributed by atoms with Crippen LogP contribution in [-0.2, 0) is 7.05 Å². The number of ether oxygens (including phenoxy) is 1. The molecule has 0 aliphatic carbocycles. The Morgan fingerprint density at radius 2 is 2.04 bits per heavy atom. The van der Waals surface area contributed by atoms with Crippen LogP contribution in [0.5, 0.6) is 5.88 Å². The highest BCUT2D eigenvalue weighted by Gasteiger charge is 2.37. The van der Waals surface area contributed by atoms with Gasteiger partial charge in [-0.05, 0) is 33.6 Å². The summed E-state index contributed by atoms with van der Waals surface area (Å²) < 4.78 is 12.4. The van der Waals surface area contributed by atoms with Crippen molar-refractivity contribution in [2.24, 2.45) is 7.05 Å². The number of nitrogens with zero attached hydrogens (tertiary/aromatic N) is 4. The van der Waals surface area contributed by atoms with Crippen LogP contribution in [0.4, 0.5) is 0 Å². The normalized spacial score (nSPS) is 17.8. The Labute approximate surface area is 135 Å². The van der Waals surface area contributed by atoms with Crippen molar-refractivity contribution in [3.63, 3.8) is 0 Å². The van der Waals surface area contributed by atoms with Gasteiger partial charge in [-0.25, -0.2) is 4.68 Å². The number of carbonyl (C=O) groups is 1. The molecule has 0 saturated carbocycles. The highest BCUT2D eigenvalue weighted by molar-refractivity contribution is 5.96. The van der Waals surface area contributed by atoms with Crippen LogP contribution in [-0.4, -0.2) is 39.4 Å². The van der Waals surface area contributed by atoms with E-state index in [1.54, 1.807) is 25.6 Å². The number of aromatic nitrogens is 3. The monoisotopic (exact) mass is 318 g/mol. The van der Waals surface area contributed by atoms with E-state index in [1.807, 2.05) is 18.9 Å². The molecule has 1 fully saturated rings. The molecule has 0 aromatic carbocycles. The first-order valence-corrected chi connectivity index (χ1v) is 7.77. The third-order valence-electron chi connectivity index (χ3n) is 4.50. The van der Waals surface area contributed by atoms with Crippen LogP contribution in [0.2, 0.25) is 0 Å². The first-order valence-electron chi connectivity index (χ1n) is 7.77. The second-order valence-electron chi connectivity index (χ2n) is 5.99. The molecule has 1 aliphatic rings. The van der Waals surface area contributed by atoms with Gasteiger partial charge in [-0.1, -0.05) is 5.16 Å². The van der Waals surface area contributed by atoms with Crippen molar-refractivity contribution in [1.29, 1.82) is 0 Å². The topological polar surface area (TPSA) is 73.4 Å². The van der Waals surface area contributed by atoms with Crippen LogP contribution in [0.25, 0.3) is 0 Å². The van der Waals surface area contributed by atoms with Gasteiger partial charge >= 0.3 is 0 Å². The highest BCUT2D eigenvalue weighted by atomic mass is 16.5. The van der Waals surface area contributed by atoms with Crippen LogP contribution in [0.3, 0.4) is 0 Å². The number of amides is 1. The molecule has 0 N–H and O–H groups in total. The summed E-state index contributed by atoms with van der Waals surface area (Å²) in [5.74, 6) is 1.24. The maximum Gasteiger partial charge on any atom is 0.259 e. The minimum atomic E-state index is -0.0333. The highest BCUT2D eigenvalue weighted by Crippen LogP contribution is 2.39. The summed E-state index contributed by atoms with van der Waals surface area (Å²) in [4.78, 5) is 14.9. The SMILES string of the molecule is COc1c([C@@H]2CCCN2C(=O)c2c(C)noc2C)c(C)nn1C. The molecule has 2 aromatic heterocycles. The lowest BCUT2D eigenvalue weighted by molar-refractivity contribution is 0.0731. The van der Waals surface area contributed by atoms with E-state index >= 15 is 0 Å². The predicted octanol–water partition coefficient (Wildman–Crippen LogP) is 2.32. The van der Waals surface area contributed by atoms with Crippen LogP contribution in [0.15, 0.2) is 4.52 Å². The summed E-state index contributed by atoms with van der Waals surface area (Å²) >= 11 is 0. The second kappa shape index (κ2) is 5.72. The van der Waals surface area contributed by atoms with Gasteiger partial charge in [0.05, 0.1) is 30.1 Å². The quantitative estimate of drug-likeness (QED) is 0.868. The molecule has 1 atom stereocenters. The Kier molecular flexibility index (Phi) is 3.87. The Bertz CT molecular complexity index is 727. The van der Waals surface area contributed by atoms with E-state index in [2.05, 4.69) is 10.3 Å². The molecule has 1 aliphatic heterocycles. The van der Waals surface area contributed by atoms with E-state index < -0.39 is 0 Å². The lowest BCUT2D eigenvalue weighted by Crippen LogP contribution is -2.31. The van der Waals surface area contributed by atoms with Crippen molar-refractivity contribution in [2.75, 3.05) is 13.7 Å². The molecule has 7 nitrogen and oxygen atoms in total. The molecule has 1 amide bonds. The van der Waals surface area contributed by atoms with Crippen molar-refractivity contribution >= 4 is 5.91 Å². The second-order valence-corrected chi connectivity index (χ2v) is 5.99. The fourth-order valence-electron chi connectivity index (χ4n) is 3.52. The number of hydrogen-bond donors (Lipinski definition) is 0. The minimum Gasteiger partial charge on any atom is -0.481 e. The van der Waals surface area contributed by atoms with Crippen LogP contribution in [0.1, 0.15) is 52.0 Å². The molecular formula is C16H22N4O3. The van der Waals surface area contributed by atoms with Crippen LogP contribution >= 0.6 is 0 Å². The Balaban J connectivity index is 2.00. The Morgan fingerprint density at radius 3 is 2.65 bits per heavy atom. The molecule has 7 heteroatoms. The summed E-state index contributed by atoms with van der Waals surface area (Å²) in [5.41, 5.74) is 3.09. The number of likely N-dealkylation sites (tertiary alicyclic amines) is 1. The predicted molar refractivity (Wildman–Crippen MR) is 83.5 cm³/mol. The first kappa shape index (κ1) is 15.6. The van der Waals surface area contributed by atoms with Gasteiger partial charge in [0.2, 0.25) is 5.88 Å². The fraction of sp³-hybridized carbons (Fsp3) is 0.562. The number of methoxy groups -OCH3 is 1. The maximum atomic E-state index is 13.0. The van der Waals surface area contributed by atoms with Gasteiger partial charge in [-0.15, -0.1) is 0 Å². The zero-order valence-corrected chi connectivity index (χ0v) is 14.2. The number of rotatable bonds is 3. The van der Waals surface area contributed by atoms with E-state index in [-0.39, 0.29) is 11.9 Å². The molecule has 3 rings (SSSR count). The summed E-state index contributed by atoms with van der Waals surface area (Å²) in [6, 6.07) is -0.0279. The molecule has 3 heterocycles. The summed E-state index contributed by atoms with van der Waals surface area (Å²) in [6.07, 6.45) is 1.86. The smallest absolute Gasteiger partial charge is 0.259 e. The van der Waals surface area contributed by atoms with Crippen molar-refractivity contribution < 1.29 is 14.1 Å². The maximum absolute atomic E-state index is 13.0. The lowest BCUT2D eigenvalue weighted by atomic mass is 10.0. The van der Waals surface area contributed by atoms with Gasteiger partial charge in [0.1, 0.15) is 11.3 Å². The number of carbonyl (C=O) groups excluding carboxylic acids is 1. The first-order chi connectivity index (χ1) is 11.0. The van der Waals surface area contributed by atoms with Gasteiger partial charge in [-0.3, -0.25) is 4.79 Å². The molecule has 2 aromatic rings. The van der Waals surface area contributed by atoms with Gasteiger partial charge in [0, 0.05) is 13.6 Å². The van der Waals surface area contributed by atoms with Crippen LogP contribution < -0.4 is 4.74 Å². The average molecular weight is 318 g/mol. The van der Waals surface area contributed by atoms with E-state index in [4.69, 9.17) is 9.26 Å². The van der Waals surface area contributed by atoms with Crippen molar-refractivity contribution in [3.05, 3.63) is 28.3 Å². The molecular weight excluding hydrogens is 296 g/mol. The van der Waals surface area contributed by atoms with E-state index in [9.17, 15) is 4.79 Å². The van der Waals surface area contributed by atoms with Gasteiger partial charge in [0.25, 0.3) is 5.91 Å². The van der Waals surface area contributed by atoms with E-state index in [0.29, 0.717) is 29.4 Å². The van der Waals surface area contributed by atoms with Gasteiger partial charge < -0.3 is 14.2 Å². The molecule has 124 valence electrons. The third-order valence-corrected chi connectivity index (χ3v) is 4.50. The molecule has 0 bridgehead atoms. The Morgan fingerprint density at radius 1 is 1.30 bits per heavy atom.